The van der Waals surface area contributed by atoms with E-state index in [2.05, 4.69) is 115 Å². The molecule has 0 aliphatic heterocycles. The molecule has 0 N–H and O–H groups in total. The molecule has 4 aromatic carbocycles. The van der Waals surface area contributed by atoms with Gasteiger partial charge in [0.25, 0.3) is 0 Å². The Hall–Kier alpha value is -3.32. The van der Waals surface area contributed by atoms with Crippen molar-refractivity contribution in [2.24, 2.45) is 0 Å². The lowest BCUT2D eigenvalue weighted by Crippen LogP contribution is -1.93. The van der Waals surface area contributed by atoms with Crippen molar-refractivity contribution in [2.75, 3.05) is 0 Å². The standard InChI is InChI=1S/C27H23N/c1-19(2)21-13-15-26-24(17-21)25-18-22(20-9-5-3-6-10-20)14-16-27(25)28(26)23-11-7-4-8-12-23/h3-19H,1-2H3. The lowest BCUT2D eigenvalue weighted by molar-refractivity contribution is 0.868. The fourth-order valence-corrected chi connectivity index (χ4v) is 4.07. The third-order valence-electron chi connectivity index (χ3n) is 5.58. The molecule has 5 rings (SSSR count). The zero-order valence-corrected chi connectivity index (χ0v) is 16.3. The Labute approximate surface area is 165 Å². The molecule has 5 aromatic rings. The van der Waals surface area contributed by atoms with Crippen LogP contribution in [0.15, 0.2) is 97.1 Å². The first-order chi connectivity index (χ1) is 13.7. The summed E-state index contributed by atoms with van der Waals surface area (Å²) in [5, 5.41) is 2.63. The van der Waals surface area contributed by atoms with Crippen molar-refractivity contribution in [1.29, 1.82) is 0 Å². The van der Waals surface area contributed by atoms with Crippen molar-refractivity contribution in [3.8, 4) is 16.8 Å². The molecule has 0 saturated carbocycles. The van der Waals surface area contributed by atoms with Gasteiger partial charge in [0.1, 0.15) is 0 Å². The Kier molecular flexibility index (Phi) is 4.02. The first-order valence-electron chi connectivity index (χ1n) is 9.91. The summed E-state index contributed by atoms with van der Waals surface area (Å²) in [6, 6.07) is 35.0. The second-order valence-electron chi connectivity index (χ2n) is 7.70. The van der Waals surface area contributed by atoms with Gasteiger partial charge in [-0.25, -0.2) is 0 Å². The fourth-order valence-electron chi connectivity index (χ4n) is 4.07. The normalized spacial score (nSPS) is 11.5. The van der Waals surface area contributed by atoms with Crippen LogP contribution in [0.5, 0.6) is 0 Å². The summed E-state index contributed by atoms with van der Waals surface area (Å²) in [4.78, 5) is 0. The van der Waals surface area contributed by atoms with E-state index in [1.54, 1.807) is 0 Å². The van der Waals surface area contributed by atoms with Crippen LogP contribution < -0.4 is 0 Å². The number of fused-ring (bicyclic) bond motifs is 3. The largest absolute Gasteiger partial charge is 0.309 e. The van der Waals surface area contributed by atoms with Gasteiger partial charge in [-0.2, -0.15) is 0 Å². The third kappa shape index (κ3) is 2.71. The van der Waals surface area contributed by atoms with Crippen LogP contribution in [0, 0.1) is 0 Å². The van der Waals surface area contributed by atoms with E-state index in [0.717, 1.165) is 0 Å². The smallest absolute Gasteiger partial charge is 0.0541 e. The number of hydrogen-bond acceptors (Lipinski definition) is 0. The van der Waals surface area contributed by atoms with Crippen LogP contribution in [0.25, 0.3) is 38.6 Å². The summed E-state index contributed by atoms with van der Waals surface area (Å²) in [5.41, 5.74) is 7.61. The molecule has 1 aromatic heterocycles. The Balaban J connectivity index is 1.86. The maximum atomic E-state index is 2.38. The van der Waals surface area contributed by atoms with E-state index in [1.165, 1.54) is 44.2 Å². The van der Waals surface area contributed by atoms with E-state index >= 15 is 0 Å². The summed E-state index contributed by atoms with van der Waals surface area (Å²) in [7, 11) is 0. The van der Waals surface area contributed by atoms with Crippen LogP contribution in [0.1, 0.15) is 25.3 Å². The molecular weight excluding hydrogens is 338 g/mol. The highest BCUT2D eigenvalue weighted by Gasteiger charge is 2.14. The molecule has 0 saturated heterocycles. The van der Waals surface area contributed by atoms with Gasteiger partial charge >= 0.3 is 0 Å². The van der Waals surface area contributed by atoms with Gasteiger partial charge in [0.2, 0.25) is 0 Å². The van der Waals surface area contributed by atoms with Crippen molar-refractivity contribution < 1.29 is 0 Å². The van der Waals surface area contributed by atoms with Gasteiger partial charge in [0.15, 0.2) is 0 Å². The highest BCUT2D eigenvalue weighted by Crippen LogP contribution is 2.36. The second-order valence-corrected chi connectivity index (χ2v) is 7.70. The van der Waals surface area contributed by atoms with Crippen LogP contribution in [0.2, 0.25) is 0 Å². The van der Waals surface area contributed by atoms with Gasteiger partial charge in [-0.1, -0.05) is 74.5 Å². The molecule has 0 amide bonds. The molecule has 0 spiro atoms. The number of nitrogens with zero attached hydrogens (tertiary/aromatic N) is 1. The Bertz CT molecular complexity index is 1260. The van der Waals surface area contributed by atoms with Crippen LogP contribution in [-0.2, 0) is 0 Å². The van der Waals surface area contributed by atoms with Crippen LogP contribution in [-0.4, -0.2) is 4.57 Å². The lowest BCUT2D eigenvalue weighted by Gasteiger charge is -2.09. The number of para-hydroxylation sites is 1. The fraction of sp³-hybridized carbons (Fsp3) is 0.111. The first-order valence-corrected chi connectivity index (χ1v) is 9.91. The lowest BCUT2D eigenvalue weighted by atomic mass is 9.99. The van der Waals surface area contributed by atoms with Gasteiger partial charge < -0.3 is 4.57 Å². The predicted molar refractivity (Wildman–Crippen MR) is 120 cm³/mol. The molecule has 0 bridgehead atoms. The van der Waals surface area contributed by atoms with E-state index in [0.29, 0.717) is 5.92 Å². The molecule has 136 valence electrons. The van der Waals surface area contributed by atoms with Gasteiger partial charge in [-0.3, -0.25) is 0 Å². The molecule has 28 heavy (non-hydrogen) atoms. The van der Waals surface area contributed by atoms with Crippen LogP contribution in [0.4, 0.5) is 0 Å². The minimum atomic E-state index is 0.511. The quantitative estimate of drug-likeness (QED) is 0.312. The van der Waals surface area contributed by atoms with Crippen molar-refractivity contribution in [3.05, 3.63) is 103 Å². The van der Waals surface area contributed by atoms with E-state index in [9.17, 15) is 0 Å². The molecule has 0 atom stereocenters. The van der Waals surface area contributed by atoms with Crippen molar-refractivity contribution in [3.63, 3.8) is 0 Å². The van der Waals surface area contributed by atoms with Crippen molar-refractivity contribution >= 4 is 21.8 Å². The van der Waals surface area contributed by atoms with Gasteiger partial charge in [0, 0.05) is 16.5 Å². The predicted octanol–water partition coefficient (Wildman–Crippen LogP) is 7.57. The summed E-state index contributed by atoms with van der Waals surface area (Å²) in [6.45, 7) is 4.51. The Morgan fingerprint density at radius 3 is 1.86 bits per heavy atom. The van der Waals surface area contributed by atoms with E-state index in [-0.39, 0.29) is 0 Å². The van der Waals surface area contributed by atoms with Gasteiger partial charge in [-0.05, 0) is 59.0 Å². The molecule has 0 radical (unpaired) electrons. The molecule has 0 aliphatic carbocycles. The van der Waals surface area contributed by atoms with Crippen LogP contribution >= 0.6 is 0 Å². The Morgan fingerprint density at radius 1 is 0.571 bits per heavy atom. The summed E-state index contributed by atoms with van der Waals surface area (Å²) in [5.74, 6) is 0.511. The third-order valence-corrected chi connectivity index (χ3v) is 5.58. The van der Waals surface area contributed by atoms with Gasteiger partial charge in [0.05, 0.1) is 11.0 Å². The minimum absolute atomic E-state index is 0.511. The molecule has 0 fully saturated rings. The maximum Gasteiger partial charge on any atom is 0.0541 e. The maximum absolute atomic E-state index is 2.38. The number of aromatic nitrogens is 1. The zero-order chi connectivity index (χ0) is 19.1. The highest BCUT2D eigenvalue weighted by molar-refractivity contribution is 6.10. The summed E-state index contributed by atoms with van der Waals surface area (Å²) < 4.78 is 2.38. The molecule has 0 aliphatic rings. The minimum Gasteiger partial charge on any atom is -0.309 e. The first kappa shape index (κ1) is 16.8. The zero-order valence-electron chi connectivity index (χ0n) is 16.3. The molecular formula is C27H23N. The molecule has 1 heterocycles. The van der Waals surface area contributed by atoms with E-state index in [1.807, 2.05) is 0 Å². The van der Waals surface area contributed by atoms with Gasteiger partial charge in [-0.15, -0.1) is 0 Å². The highest BCUT2D eigenvalue weighted by atomic mass is 15.0. The monoisotopic (exact) mass is 361 g/mol. The van der Waals surface area contributed by atoms with Crippen LogP contribution in [0.3, 0.4) is 0 Å². The van der Waals surface area contributed by atoms with E-state index < -0.39 is 0 Å². The number of rotatable bonds is 3. The van der Waals surface area contributed by atoms with Crippen molar-refractivity contribution in [1.82, 2.24) is 4.57 Å². The SMILES string of the molecule is CC(C)c1ccc2c(c1)c1cc(-c3ccccc3)ccc1n2-c1ccccc1. The van der Waals surface area contributed by atoms with Crippen molar-refractivity contribution in [2.45, 2.75) is 19.8 Å². The summed E-state index contributed by atoms with van der Waals surface area (Å²) in [6.07, 6.45) is 0. The number of hydrogen-bond donors (Lipinski definition) is 0. The Morgan fingerprint density at radius 2 is 1.18 bits per heavy atom. The van der Waals surface area contributed by atoms with E-state index in [4.69, 9.17) is 0 Å². The number of benzene rings is 4. The molecule has 1 nitrogen and oxygen atoms in total. The molecule has 0 unspecified atom stereocenters. The topological polar surface area (TPSA) is 4.93 Å². The average Bonchev–Trinajstić information content (AvgIpc) is 3.08. The summed E-state index contributed by atoms with van der Waals surface area (Å²) >= 11 is 0. The molecule has 1 heteroatoms. The average molecular weight is 361 g/mol. The second kappa shape index (κ2) is 6.69.